The smallest absolute Gasteiger partial charge is 0.260 e. The number of hydrogen-bond donors (Lipinski definition) is 1. The van der Waals surface area contributed by atoms with Crippen molar-refractivity contribution in [3.63, 3.8) is 0 Å². The summed E-state index contributed by atoms with van der Waals surface area (Å²) in [5.41, 5.74) is 6.65. The van der Waals surface area contributed by atoms with Crippen molar-refractivity contribution in [2.45, 2.75) is 6.61 Å². The van der Waals surface area contributed by atoms with E-state index in [9.17, 15) is 0 Å². The molecule has 0 saturated carbocycles. The van der Waals surface area contributed by atoms with E-state index in [-0.39, 0.29) is 0 Å². The number of nitrogens with zero attached hydrogens (tertiary/aromatic N) is 3. The Kier molecular flexibility index (Phi) is 5.20. The van der Waals surface area contributed by atoms with E-state index in [0.717, 1.165) is 5.56 Å². The predicted molar refractivity (Wildman–Crippen MR) is 82.6 cm³/mol. The molecule has 0 bridgehead atoms. The molecule has 5 nitrogen and oxygen atoms in total. The number of aromatic nitrogens is 2. The average Bonchev–Trinajstić information content (AvgIpc) is 2.48. The summed E-state index contributed by atoms with van der Waals surface area (Å²) in [5.74, 6) is 0.716. The molecular weight excluding hydrogens is 296 g/mol. The number of aliphatic imine (C=N–C) groups is 1. The Morgan fingerprint density at radius 3 is 2.70 bits per heavy atom. The van der Waals surface area contributed by atoms with Crippen LogP contribution < -0.4 is 10.5 Å². The van der Waals surface area contributed by atoms with Crippen molar-refractivity contribution in [2.24, 2.45) is 10.7 Å². The summed E-state index contributed by atoms with van der Waals surface area (Å²) in [6.07, 6.45) is 4.93. The molecule has 0 saturated heterocycles. The second-order valence-electron chi connectivity index (χ2n) is 3.75. The van der Waals surface area contributed by atoms with E-state index >= 15 is 0 Å². The maximum atomic E-state index is 5.83. The van der Waals surface area contributed by atoms with Gasteiger partial charge in [-0.25, -0.2) is 15.0 Å². The number of nitrogens with two attached hydrogens (primary N) is 1. The van der Waals surface area contributed by atoms with Crippen molar-refractivity contribution >= 4 is 34.3 Å². The lowest BCUT2D eigenvalue weighted by molar-refractivity contribution is 0.294. The third kappa shape index (κ3) is 4.11. The molecule has 0 aliphatic carbocycles. The highest BCUT2D eigenvalue weighted by molar-refractivity contribution is 8.13. The van der Waals surface area contributed by atoms with Gasteiger partial charge < -0.3 is 10.5 Å². The van der Waals surface area contributed by atoms with Crippen LogP contribution in [-0.2, 0) is 6.61 Å². The first-order valence-electron chi connectivity index (χ1n) is 5.75. The molecule has 20 heavy (non-hydrogen) atoms. The molecule has 0 amide bonds. The highest BCUT2D eigenvalue weighted by Crippen LogP contribution is 2.23. The summed E-state index contributed by atoms with van der Waals surface area (Å²) in [4.78, 5) is 12.4. The summed E-state index contributed by atoms with van der Waals surface area (Å²) in [6.45, 7) is 0.359. The summed E-state index contributed by atoms with van der Waals surface area (Å²) in [5, 5.41) is 1.09. The molecule has 0 unspecified atom stereocenters. The fourth-order valence-electron chi connectivity index (χ4n) is 1.38. The minimum Gasteiger partial charge on any atom is -0.470 e. The maximum Gasteiger partial charge on any atom is 0.260 e. The Morgan fingerprint density at radius 1 is 1.30 bits per heavy atom. The zero-order chi connectivity index (χ0) is 14.4. The lowest BCUT2D eigenvalue weighted by Gasteiger charge is -2.07. The Hall–Kier alpha value is -1.79. The van der Waals surface area contributed by atoms with Crippen LogP contribution in [0.5, 0.6) is 5.88 Å². The van der Waals surface area contributed by atoms with Gasteiger partial charge in [0.1, 0.15) is 6.61 Å². The second kappa shape index (κ2) is 7.12. The molecule has 1 aromatic carbocycles. The fraction of sp³-hybridized carbons (Fsp3) is 0.154. The molecule has 0 radical (unpaired) electrons. The first-order chi connectivity index (χ1) is 9.69. The number of halogens is 1. The third-order valence-corrected chi connectivity index (χ3v) is 3.12. The van der Waals surface area contributed by atoms with Crippen molar-refractivity contribution in [2.75, 3.05) is 6.26 Å². The van der Waals surface area contributed by atoms with Crippen LogP contribution in [0.3, 0.4) is 0 Å². The zero-order valence-corrected chi connectivity index (χ0v) is 12.4. The SMILES string of the molecule is CSC(N)=Nc1nccnc1OCc1ccc(Cl)cc1. The fourth-order valence-corrected chi connectivity index (χ4v) is 1.68. The molecule has 2 N–H and O–H groups in total. The van der Waals surface area contributed by atoms with Crippen LogP contribution in [0.25, 0.3) is 0 Å². The van der Waals surface area contributed by atoms with Gasteiger partial charge in [-0.1, -0.05) is 35.5 Å². The van der Waals surface area contributed by atoms with Crippen molar-refractivity contribution in [1.29, 1.82) is 0 Å². The van der Waals surface area contributed by atoms with Gasteiger partial charge in [-0.15, -0.1) is 0 Å². The largest absolute Gasteiger partial charge is 0.470 e. The summed E-state index contributed by atoms with van der Waals surface area (Å²) in [7, 11) is 0. The third-order valence-electron chi connectivity index (χ3n) is 2.36. The molecule has 1 aromatic heterocycles. The molecule has 0 atom stereocenters. The number of thioether (sulfide) groups is 1. The second-order valence-corrected chi connectivity index (χ2v) is 5.02. The van der Waals surface area contributed by atoms with Gasteiger partial charge >= 0.3 is 0 Å². The van der Waals surface area contributed by atoms with Crippen LogP contribution in [0.15, 0.2) is 41.7 Å². The maximum absolute atomic E-state index is 5.83. The number of benzene rings is 1. The van der Waals surface area contributed by atoms with Gasteiger partial charge in [0.25, 0.3) is 5.88 Å². The molecule has 2 aromatic rings. The van der Waals surface area contributed by atoms with Crippen LogP contribution in [0, 0.1) is 0 Å². The standard InChI is InChI=1S/C13H13ClN4OS/c1-20-13(15)18-11-12(17-7-6-16-11)19-8-9-2-4-10(14)5-3-9/h2-7H,8H2,1H3,(H2,15,16,18). The van der Waals surface area contributed by atoms with E-state index in [1.165, 1.54) is 11.8 Å². The minimum atomic E-state index is 0.347. The van der Waals surface area contributed by atoms with E-state index in [1.54, 1.807) is 12.4 Å². The molecule has 104 valence electrons. The Morgan fingerprint density at radius 2 is 2.00 bits per heavy atom. The molecular formula is C13H13ClN4OS. The van der Waals surface area contributed by atoms with Gasteiger partial charge in [0.15, 0.2) is 5.17 Å². The minimum absolute atomic E-state index is 0.347. The lowest BCUT2D eigenvalue weighted by atomic mass is 10.2. The van der Waals surface area contributed by atoms with Crippen LogP contribution in [0.1, 0.15) is 5.56 Å². The average molecular weight is 309 g/mol. The predicted octanol–water partition coefficient (Wildman–Crippen LogP) is 3.02. The highest BCUT2D eigenvalue weighted by atomic mass is 35.5. The van der Waals surface area contributed by atoms with Gasteiger partial charge in [-0.3, -0.25) is 0 Å². The summed E-state index contributed by atoms with van der Waals surface area (Å²) < 4.78 is 5.62. The van der Waals surface area contributed by atoms with Gasteiger partial charge in [0, 0.05) is 17.4 Å². The van der Waals surface area contributed by atoms with Gasteiger partial charge in [-0.05, 0) is 24.0 Å². The Labute approximate surface area is 126 Å². The number of ether oxygens (including phenoxy) is 1. The van der Waals surface area contributed by atoms with Gasteiger partial charge in [0.05, 0.1) is 0 Å². The molecule has 0 aliphatic heterocycles. The molecule has 0 fully saturated rings. The first-order valence-corrected chi connectivity index (χ1v) is 7.35. The van der Waals surface area contributed by atoms with E-state index in [1.807, 2.05) is 30.5 Å². The van der Waals surface area contributed by atoms with Crippen molar-refractivity contribution in [1.82, 2.24) is 9.97 Å². The number of amidine groups is 1. The first kappa shape index (κ1) is 14.6. The molecule has 0 aliphatic rings. The number of rotatable bonds is 4. The normalized spacial score (nSPS) is 11.4. The quantitative estimate of drug-likeness (QED) is 0.694. The topological polar surface area (TPSA) is 73.4 Å². The zero-order valence-electron chi connectivity index (χ0n) is 10.8. The van der Waals surface area contributed by atoms with Crippen molar-refractivity contribution in [3.8, 4) is 5.88 Å². The van der Waals surface area contributed by atoms with Crippen LogP contribution in [0.2, 0.25) is 5.02 Å². The number of hydrogen-bond acceptors (Lipinski definition) is 5. The molecule has 1 heterocycles. The van der Waals surface area contributed by atoms with Crippen molar-refractivity contribution < 1.29 is 4.74 Å². The Balaban J connectivity index is 2.11. The monoisotopic (exact) mass is 308 g/mol. The van der Waals surface area contributed by atoms with E-state index in [4.69, 9.17) is 22.1 Å². The van der Waals surface area contributed by atoms with Gasteiger partial charge in [0.2, 0.25) is 5.82 Å². The molecule has 2 rings (SSSR count). The van der Waals surface area contributed by atoms with Crippen LogP contribution in [-0.4, -0.2) is 21.4 Å². The van der Waals surface area contributed by atoms with Gasteiger partial charge in [-0.2, -0.15) is 0 Å². The van der Waals surface area contributed by atoms with Crippen LogP contribution in [0.4, 0.5) is 5.82 Å². The summed E-state index contributed by atoms with van der Waals surface area (Å²) >= 11 is 7.16. The Bertz CT molecular complexity index is 604. The molecule has 7 heteroatoms. The van der Waals surface area contributed by atoms with Crippen molar-refractivity contribution in [3.05, 3.63) is 47.2 Å². The van der Waals surface area contributed by atoms with E-state index in [2.05, 4.69) is 15.0 Å². The molecule has 0 spiro atoms. The van der Waals surface area contributed by atoms with E-state index in [0.29, 0.717) is 28.5 Å². The highest BCUT2D eigenvalue weighted by Gasteiger charge is 2.06. The van der Waals surface area contributed by atoms with E-state index < -0.39 is 0 Å². The van der Waals surface area contributed by atoms with Crippen LogP contribution >= 0.6 is 23.4 Å². The summed E-state index contributed by atoms with van der Waals surface area (Å²) in [6, 6.07) is 7.39. The lowest BCUT2D eigenvalue weighted by Crippen LogP contribution is -2.05.